The smallest absolute Gasteiger partial charge is 0.326 e. The molecular weight excluding hydrogens is 388 g/mol. The summed E-state index contributed by atoms with van der Waals surface area (Å²) in [6, 6.07) is 2.24. The Morgan fingerprint density at radius 1 is 1.27 bits per heavy atom. The molecule has 3 aromatic rings. The van der Waals surface area contributed by atoms with Gasteiger partial charge in [-0.15, -0.1) is 0 Å². The standard InChI is InChI=1S/C19H22N8O3/c1-11(28)25-4-6-26(7-5-25)15-9-16(21-13-2-3-13)27-17(23-15)12(10-20-27)8-14-18(29)24-19(30)22-14/h8-10,13,29H,2-7H2,1H3,(H2,22,24,30). The predicted octanol–water partition coefficient (Wildman–Crippen LogP) is -1.27. The highest BCUT2D eigenvalue weighted by molar-refractivity contribution is 5.73. The number of nitrogens with one attached hydrogen (secondary N) is 2. The van der Waals surface area contributed by atoms with Crippen LogP contribution in [-0.4, -0.2) is 72.7 Å². The van der Waals surface area contributed by atoms with Gasteiger partial charge in [0.1, 0.15) is 11.5 Å². The van der Waals surface area contributed by atoms with Gasteiger partial charge in [0.2, 0.25) is 11.8 Å². The second kappa shape index (κ2) is 7.01. The van der Waals surface area contributed by atoms with E-state index in [0.29, 0.717) is 43.1 Å². The Morgan fingerprint density at radius 3 is 2.67 bits per heavy atom. The fourth-order valence-corrected chi connectivity index (χ4v) is 3.60. The largest absolute Gasteiger partial charge is 0.493 e. The van der Waals surface area contributed by atoms with Crippen molar-refractivity contribution >= 4 is 23.4 Å². The van der Waals surface area contributed by atoms with Crippen molar-refractivity contribution in [1.82, 2.24) is 29.5 Å². The lowest BCUT2D eigenvalue weighted by Crippen LogP contribution is -2.48. The summed E-state index contributed by atoms with van der Waals surface area (Å²) in [5, 5.41) is 15.0. The molecule has 3 aromatic heterocycles. The molecule has 4 heterocycles. The molecule has 156 valence electrons. The predicted molar refractivity (Wildman–Crippen MR) is 108 cm³/mol. The van der Waals surface area contributed by atoms with Crippen molar-refractivity contribution in [2.75, 3.05) is 31.1 Å². The molecule has 3 N–H and O–H groups in total. The molecule has 1 aliphatic heterocycles. The number of aromatic amines is 2. The topological polar surface area (TPSA) is 135 Å². The summed E-state index contributed by atoms with van der Waals surface area (Å²) in [5.74, 6) is 0.612. The van der Waals surface area contributed by atoms with Gasteiger partial charge in [0.15, 0.2) is 11.1 Å². The van der Waals surface area contributed by atoms with Gasteiger partial charge >= 0.3 is 5.69 Å². The molecule has 1 aliphatic carbocycles. The summed E-state index contributed by atoms with van der Waals surface area (Å²) in [6.45, 7) is 4.25. The van der Waals surface area contributed by atoms with Gasteiger partial charge in [0.25, 0.3) is 0 Å². The molecule has 0 unspecified atom stereocenters. The average molecular weight is 410 g/mol. The zero-order valence-corrected chi connectivity index (χ0v) is 16.5. The van der Waals surface area contributed by atoms with Gasteiger partial charge in [-0.2, -0.15) is 9.61 Å². The summed E-state index contributed by atoms with van der Waals surface area (Å²) in [7, 11) is 0. The van der Waals surface area contributed by atoms with Gasteiger partial charge in [-0.1, -0.05) is 0 Å². The molecule has 0 radical (unpaired) electrons. The van der Waals surface area contributed by atoms with E-state index in [1.807, 2.05) is 11.0 Å². The third-order valence-corrected chi connectivity index (χ3v) is 5.41. The molecule has 0 aromatic carbocycles. The second-order valence-corrected chi connectivity index (χ2v) is 7.65. The summed E-state index contributed by atoms with van der Waals surface area (Å²) >= 11 is 0. The first kappa shape index (κ1) is 18.4. The molecule has 0 bridgehead atoms. The Labute approximate surface area is 170 Å². The Hall–Kier alpha value is -3.63. The molecule has 0 atom stereocenters. The van der Waals surface area contributed by atoms with Gasteiger partial charge in [-0.3, -0.25) is 14.8 Å². The number of nitrogens with zero attached hydrogens (tertiary/aromatic N) is 6. The van der Waals surface area contributed by atoms with E-state index >= 15 is 0 Å². The highest BCUT2D eigenvalue weighted by Gasteiger charge is 2.23. The van der Waals surface area contributed by atoms with Gasteiger partial charge in [0, 0.05) is 44.4 Å². The van der Waals surface area contributed by atoms with Gasteiger partial charge in [-0.25, -0.2) is 9.78 Å². The molecular formula is C19H22N8O3. The number of carbonyl (C=O) groups excluding carboxylic acids is 1. The van der Waals surface area contributed by atoms with Crippen LogP contribution in [0.2, 0.25) is 0 Å². The van der Waals surface area contributed by atoms with Crippen LogP contribution < -0.4 is 21.3 Å². The van der Waals surface area contributed by atoms with Crippen LogP contribution in [0.25, 0.3) is 11.7 Å². The summed E-state index contributed by atoms with van der Waals surface area (Å²) in [6.07, 6.45) is 5.39. The number of aromatic hydroxyl groups is 1. The molecule has 2 aliphatic rings. The number of H-pyrrole nitrogens is 2. The Morgan fingerprint density at radius 2 is 2.03 bits per heavy atom. The summed E-state index contributed by atoms with van der Waals surface area (Å²) in [5.41, 5.74) is 1.08. The van der Waals surface area contributed by atoms with Crippen LogP contribution in [0, 0.1) is 0 Å². The number of fused-ring (bicyclic) bond motifs is 1. The van der Waals surface area contributed by atoms with E-state index in [9.17, 15) is 14.7 Å². The van der Waals surface area contributed by atoms with Crippen LogP contribution in [0.5, 0.6) is 5.88 Å². The zero-order chi connectivity index (χ0) is 20.8. The quantitative estimate of drug-likeness (QED) is 0.493. The van der Waals surface area contributed by atoms with Gasteiger partial charge in [0.05, 0.1) is 12.2 Å². The molecule has 11 heteroatoms. The maximum Gasteiger partial charge on any atom is 0.326 e. The molecule has 1 amide bonds. The number of rotatable bonds is 3. The first-order valence-electron chi connectivity index (χ1n) is 9.94. The van der Waals surface area contributed by atoms with Crippen LogP contribution in [0.3, 0.4) is 0 Å². The minimum atomic E-state index is -0.489. The average Bonchev–Trinajstić information content (AvgIpc) is 3.36. The Bertz CT molecular complexity index is 1290. The monoisotopic (exact) mass is 410 g/mol. The minimum Gasteiger partial charge on any atom is -0.493 e. The third kappa shape index (κ3) is 3.42. The van der Waals surface area contributed by atoms with Gasteiger partial charge < -0.3 is 19.9 Å². The SMILES string of the molecule is CC(=O)N1CCN(c2cc(=NC3CC3)n3ncc(=Cc4[nH]c(=O)[nH]c4O)c3n2)CC1. The van der Waals surface area contributed by atoms with Crippen molar-refractivity contribution in [2.45, 2.75) is 25.8 Å². The normalized spacial score (nSPS) is 18.6. The number of anilines is 1. The lowest BCUT2D eigenvalue weighted by atomic mass is 10.3. The molecule has 11 nitrogen and oxygen atoms in total. The van der Waals surface area contributed by atoms with E-state index < -0.39 is 5.69 Å². The number of hydrogen-bond acceptors (Lipinski definition) is 7. The van der Waals surface area contributed by atoms with Crippen molar-refractivity contribution in [3.05, 3.63) is 39.1 Å². The van der Waals surface area contributed by atoms with Gasteiger partial charge in [-0.05, 0) is 18.9 Å². The van der Waals surface area contributed by atoms with E-state index in [-0.39, 0.29) is 17.5 Å². The fraction of sp³-hybridized carbons (Fsp3) is 0.421. The second-order valence-electron chi connectivity index (χ2n) is 7.65. The Kier molecular flexibility index (Phi) is 4.30. The van der Waals surface area contributed by atoms with Crippen LogP contribution in [0.15, 0.2) is 22.1 Å². The lowest BCUT2D eigenvalue weighted by Gasteiger charge is -2.34. The molecule has 1 saturated heterocycles. The van der Waals surface area contributed by atoms with E-state index in [2.05, 4.69) is 20.0 Å². The van der Waals surface area contributed by atoms with Crippen molar-refractivity contribution in [3.63, 3.8) is 0 Å². The fourth-order valence-electron chi connectivity index (χ4n) is 3.60. The maximum absolute atomic E-state index is 11.6. The highest BCUT2D eigenvalue weighted by Crippen LogP contribution is 2.22. The Balaban J connectivity index is 1.61. The van der Waals surface area contributed by atoms with Crippen LogP contribution in [0.1, 0.15) is 25.5 Å². The molecule has 1 saturated carbocycles. The van der Waals surface area contributed by atoms with Crippen molar-refractivity contribution in [2.24, 2.45) is 4.99 Å². The van der Waals surface area contributed by atoms with Crippen molar-refractivity contribution in [3.8, 4) is 5.88 Å². The van der Waals surface area contributed by atoms with Crippen LogP contribution in [-0.2, 0) is 4.79 Å². The number of aromatic nitrogens is 5. The van der Waals surface area contributed by atoms with E-state index in [0.717, 1.165) is 24.1 Å². The number of hydrogen-bond donors (Lipinski definition) is 3. The number of amides is 1. The van der Waals surface area contributed by atoms with Crippen LogP contribution >= 0.6 is 0 Å². The van der Waals surface area contributed by atoms with Crippen LogP contribution in [0.4, 0.5) is 5.82 Å². The summed E-state index contributed by atoms with van der Waals surface area (Å²) in [4.78, 5) is 41.5. The van der Waals surface area contributed by atoms with Crippen molar-refractivity contribution in [1.29, 1.82) is 0 Å². The maximum atomic E-state index is 11.6. The lowest BCUT2D eigenvalue weighted by molar-refractivity contribution is -0.129. The van der Waals surface area contributed by atoms with E-state index in [1.165, 1.54) is 0 Å². The molecule has 2 fully saturated rings. The molecule has 30 heavy (non-hydrogen) atoms. The zero-order valence-electron chi connectivity index (χ0n) is 16.5. The number of imidazole rings is 1. The summed E-state index contributed by atoms with van der Waals surface area (Å²) < 4.78 is 1.68. The van der Waals surface area contributed by atoms with E-state index in [4.69, 9.17) is 9.98 Å². The molecule has 5 rings (SSSR count). The van der Waals surface area contributed by atoms with E-state index in [1.54, 1.807) is 23.7 Å². The minimum absolute atomic E-state index is 0.0791. The third-order valence-electron chi connectivity index (χ3n) is 5.41. The highest BCUT2D eigenvalue weighted by atomic mass is 16.3. The number of carbonyl (C=O) groups is 1. The first-order chi connectivity index (χ1) is 14.5. The first-order valence-corrected chi connectivity index (χ1v) is 9.94. The number of piperazine rings is 1. The van der Waals surface area contributed by atoms with Crippen molar-refractivity contribution < 1.29 is 9.90 Å². The molecule has 0 spiro atoms.